The van der Waals surface area contributed by atoms with Gasteiger partial charge in [0.25, 0.3) is 0 Å². The van der Waals surface area contributed by atoms with Crippen LogP contribution in [-0.2, 0) is 26.2 Å². The molecule has 0 heterocycles. The molecular formula is C23H30ClN3O5S. The second kappa shape index (κ2) is 11.9. The fourth-order valence-electron chi connectivity index (χ4n) is 3.39. The van der Waals surface area contributed by atoms with Gasteiger partial charge < -0.3 is 15.0 Å². The molecule has 180 valence electrons. The lowest BCUT2D eigenvalue weighted by molar-refractivity contribution is -0.140. The zero-order valence-corrected chi connectivity index (χ0v) is 20.8. The maximum absolute atomic E-state index is 13.1. The fourth-order valence-corrected chi connectivity index (χ4v) is 4.54. The molecule has 8 nitrogen and oxygen atoms in total. The molecule has 33 heavy (non-hydrogen) atoms. The number of carbonyl (C=O) groups is 2. The van der Waals surface area contributed by atoms with Crippen LogP contribution in [0.15, 0.2) is 48.5 Å². The molecule has 0 aliphatic rings. The van der Waals surface area contributed by atoms with Crippen LogP contribution in [-0.4, -0.2) is 58.1 Å². The van der Waals surface area contributed by atoms with Crippen LogP contribution in [0.3, 0.4) is 0 Å². The highest BCUT2D eigenvalue weighted by atomic mass is 35.5. The zero-order chi connectivity index (χ0) is 24.6. The number of anilines is 1. The van der Waals surface area contributed by atoms with Crippen LogP contribution in [0.4, 0.5) is 5.69 Å². The molecule has 0 saturated heterocycles. The summed E-state index contributed by atoms with van der Waals surface area (Å²) in [4.78, 5) is 26.9. The molecule has 0 aliphatic heterocycles. The molecule has 1 unspecified atom stereocenters. The highest BCUT2D eigenvalue weighted by Gasteiger charge is 2.26. The molecule has 2 rings (SSSR count). The quantitative estimate of drug-likeness (QED) is 0.517. The van der Waals surface area contributed by atoms with Crippen molar-refractivity contribution in [1.29, 1.82) is 0 Å². The number of amides is 2. The zero-order valence-electron chi connectivity index (χ0n) is 19.2. The van der Waals surface area contributed by atoms with Crippen molar-refractivity contribution in [1.82, 2.24) is 10.2 Å². The smallest absolute Gasteiger partial charge is 0.242 e. The van der Waals surface area contributed by atoms with E-state index in [-0.39, 0.29) is 37.7 Å². The predicted molar refractivity (Wildman–Crippen MR) is 130 cm³/mol. The van der Waals surface area contributed by atoms with Gasteiger partial charge in [0.15, 0.2) is 0 Å². The van der Waals surface area contributed by atoms with E-state index in [1.54, 1.807) is 50.4 Å². The summed E-state index contributed by atoms with van der Waals surface area (Å²) in [6, 6.07) is 13.1. The Morgan fingerprint density at radius 3 is 2.45 bits per heavy atom. The minimum Gasteiger partial charge on any atom is -0.497 e. The van der Waals surface area contributed by atoms with Gasteiger partial charge in [0, 0.05) is 31.6 Å². The highest BCUT2D eigenvalue weighted by molar-refractivity contribution is 7.92. The Hall–Kier alpha value is -2.78. The number of rotatable bonds is 11. The predicted octanol–water partition coefficient (Wildman–Crippen LogP) is 3.06. The minimum absolute atomic E-state index is 0.0673. The van der Waals surface area contributed by atoms with Crippen LogP contribution in [0.2, 0.25) is 5.02 Å². The first-order chi connectivity index (χ1) is 15.6. The molecule has 0 fully saturated rings. The van der Waals surface area contributed by atoms with Gasteiger partial charge in [0.05, 0.1) is 19.1 Å². The van der Waals surface area contributed by atoms with Gasteiger partial charge >= 0.3 is 0 Å². The number of ether oxygens (including phenoxy) is 1. The molecule has 0 spiro atoms. The average molecular weight is 496 g/mol. The molecule has 2 aromatic rings. The van der Waals surface area contributed by atoms with Gasteiger partial charge in [-0.25, -0.2) is 8.42 Å². The Labute approximate surface area is 200 Å². The van der Waals surface area contributed by atoms with Gasteiger partial charge in [0.2, 0.25) is 21.8 Å². The summed E-state index contributed by atoms with van der Waals surface area (Å²) >= 11 is 6.01. The van der Waals surface area contributed by atoms with Crippen LogP contribution in [0.1, 0.15) is 25.3 Å². The Kier molecular flexibility index (Phi) is 9.55. The van der Waals surface area contributed by atoms with Crippen molar-refractivity contribution >= 4 is 39.1 Å². The van der Waals surface area contributed by atoms with Crippen LogP contribution < -0.4 is 14.4 Å². The van der Waals surface area contributed by atoms with Crippen molar-refractivity contribution in [3.63, 3.8) is 0 Å². The van der Waals surface area contributed by atoms with Crippen molar-refractivity contribution in [2.45, 2.75) is 32.4 Å². The van der Waals surface area contributed by atoms with E-state index in [2.05, 4.69) is 5.32 Å². The topological polar surface area (TPSA) is 96.0 Å². The van der Waals surface area contributed by atoms with Gasteiger partial charge in [0.1, 0.15) is 11.8 Å². The van der Waals surface area contributed by atoms with Crippen LogP contribution in [0.25, 0.3) is 0 Å². The van der Waals surface area contributed by atoms with Gasteiger partial charge in [-0.3, -0.25) is 13.9 Å². The molecule has 2 aromatic carbocycles. The van der Waals surface area contributed by atoms with Crippen molar-refractivity contribution in [2.24, 2.45) is 0 Å². The lowest BCUT2D eigenvalue weighted by atomic mass is 10.1. The number of hydrogen-bond acceptors (Lipinski definition) is 5. The number of likely N-dealkylation sites (N-methyl/N-ethyl adjacent to an activating group) is 1. The van der Waals surface area contributed by atoms with Gasteiger partial charge in [-0.1, -0.05) is 29.8 Å². The average Bonchev–Trinajstić information content (AvgIpc) is 2.78. The van der Waals surface area contributed by atoms with E-state index in [9.17, 15) is 18.0 Å². The van der Waals surface area contributed by atoms with Gasteiger partial charge in [-0.15, -0.1) is 0 Å². The Morgan fingerprint density at radius 1 is 1.15 bits per heavy atom. The van der Waals surface area contributed by atoms with Crippen molar-refractivity contribution in [2.75, 3.05) is 31.3 Å². The molecule has 10 heteroatoms. The number of hydrogen-bond donors (Lipinski definition) is 1. The molecule has 1 N–H and O–H groups in total. The number of nitrogens with zero attached hydrogens (tertiary/aromatic N) is 2. The number of sulfonamides is 1. The summed E-state index contributed by atoms with van der Waals surface area (Å²) in [6.07, 6.45) is 1.45. The number of halogens is 1. The van der Waals surface area contributed by atoms with Crippen LogP contribution in [0.5, 0.6) is 5.75 Å². The standard InChI is InChI=1S/C23H30ClN3O5S/c1-17(23(29)25-2)26(16-18-8-5-11-21(14-18)32-3)22(28)12-7-13-27(33(4,30)31)20-10-6-9-19(24)15-20/h5-6,8-11,14-15,17H,7,12-13,16H2,1-4H3,(H,25,29). The first-order valence-corrected chi connectivity index (χ1v) is 12.7. The minimum atomic E-state index is -3.57. The summed E-state index contributed by atoms with van der Waals surface area (Å²) in [7, 11) is -0.497. The maximum Gasteiger partial charge on any atom is 0.242 e. The SMILES string of the molecule is CNC(=O)C(C)N(Cc1cccc(OC)c1)C(=O)CCCN(c1cccc(Cl)c1)S(C)(=O)=O. The van der Waals surface area contributed by atoms with E-state index in [1.807, 2.05) is 12.1 Å². The molecular weight excluding hydrogens is 466 g/mol. The third kappa shape index (κ3) is 7.64. The first-order valence-electron chi connectivity index (χ1n) is 10.4. The molecule has 2 amide bonds. The van der Waals surface area contributed by atoms with Crippen molar-refractivity contribution < 1.29 is 22.7 Å². The Morgan fingerprint density at radius 2 is 1.85 bits per heavy atom. The Balaban J connectivity index is 2.16. The van der Waals surface area contributed by atoms with E-state index in [1.165, 1.54) is 16.3 Å². The summed E-state index contributed by atoms with van der Waals surface area (Å²) in [5, 5.41) is 2.99. The fraction of sp³-hybridized carbons (Fsp3) is 0.391. The van der Waals surface area contributed by atoms with Gasteiger partial charge in [-0.05, 0) is 49.2 Å². The first kappa shape index (κ1) is 26.5. The van der Waals surface area contributed by atoms with Crippen LogP contribution in [0, 0.1) is 0 Å². The molecule has 0 aromatic heterocycles. The second-order valence-corrected chi connectivity index (χ2v) is 9.93. The van der Waals surface area contributed by atoms with Crippen LogP contribution >= 0.6 is 11.6 Å². The van der Waals surface area contributed by atoms with Crippen molar-refractivity contribution in [3.8, 4) is 5.75 Å². The third-order valence-corrected chi connectivity index (χ3v) is 6.58. The summed E-state index contributed by atoms with van der Waals surface area (Å²) in [5.74, 6) is 0.106. The van der Waals surface area contributed by atoms with E-state index in [4.69, 9.17) is 16.3 Å². The lowest BCUT2D eigenvalue weighted by Crippen LogP contribution is -2.46. The van der Waals surface area contributed by atoms with Crippen molar-refractivity contribution in [3.05, 3.63) is 59.1 Å². The monoisotopic (exact) mass is 495 g/mol. The molecule has 0 aliphatic carbocycles. The largest absolute Gasteiger partial charge is 0.497 e. The molecule has 0 bridgehead atoms. The van der Waals surface area contributed by atoms with E-state index < -0.39 is 16.1 Å². The second-order valence-electron chi connectivity index (χ2n) is 7.58. The summed E-state index contributed by atoms with van der Waals surface area (Å²) in [5.41, 5.74) is 1.25. The Bertz CT molecular complexity index is 1080. The summed E-state index contributed by atoms with van der Waals surface area (Å²) in [6.45, 7) is 1.98. The third-order valence-electron chi connectivity index (χ3n) is 5.15. The number of carbonyl (C=O) groups excluding carboxylic acids is 2. The highest BCUT2D eigenvalue weighted by Crippen LogP contribution is 2.23. The lowest BCUT2D eigenvalue weighted by Gasteiger charge is -2.29. The number of benzene rings is 2. The van der Waals surface area contributed by atoms with E-state index in [0.29, 0.717) is 16.5 Å². The number of nitrogens with one attached hydrogen (secondary N) is 1. The normalized spacial score (nSPS) is 12.0. The van der Waals surface area contributed by atoms with Gasteiger partial charge in [-0.2, -0.15) is 0 Å². The maximum atomic E-state index is 13.1. The van der Waals surface area contributed by atoms with E-state index >= 15 is 0 Å². The van der Waals surface area contributed by atoms with E-state index in [0.717, 1.165) is 11.8 Å². The molecule has 1 atom stereocenters. The molecule has 0 radical (unpaired) electrons. The number of methoxy groups -OCH3 is 1. The molecule has 0 saturated carbocycles. The summed E-state index contributed by atoms with van der Waals surface area (Å²) < 4.78 is 31.1.